The number of esters is 1. The highest BCUT2D eigenvalue weighted by molar-refractivity contribution is 7.89. The molecular formula is C12H18ClN3O4S. The molecule has 0 spiro atoms. The average molecular weight is 336 g/mol. The van der Waals surface area contributed by atoms with Crippen LogP contribution in [0.5, 0.6) is 0 Å². The number of methoxy groups -OCH3 is 1. The number of sulfonamides is 1. The van der Waals surface area contributed by atoms with E-state index in [1.165, 1.54) is 11.4 Å². The standard InChI is InChI=1S/C12H18ClN3O4S/c1-9(2)8-16(5-4-11(17)20-3)21(18,19)10-6-14-12(13)15-7-10/h6-7,9H,4-5,8H2,1-3H3. The summed E-state index contributed by atoms with van der Waals surface area (Å²) in [6.45, 7) is 4.09. The van der Waals surface area contributed by atoms with E-state index >= 15 is 0 Å². The molecule has 0 saturated carbocycles. The first-order valence-corrected chi connectivity index (χ1v) is 8.13. The van der Waals surface area contributed by atoms with Gasteiger partial charge in [0, 0.05) is 13.1 Å². The van der Waals surface area contributed by atoms with Crippen molar-refractivity contribution in [3.8, 4) is 0 Å². The number of carbonyl (C=O) groups excluding carboxylic acids is 1. The van der Waals surface area contributed by atoms with Crippen molar-refractivity contribution in [2.24, 2.45) is 5.92 Å². The second-order valence-corrected chi connectivity index (χ2v) is 7.05. The Bertz CT molecular complexity index is 575. The molecule has 0 aliphatic rings. The molecule has 0 bridgehead atoms. The molecule has 1 rings (SSSR count). The summed E-state index contributed by atoms with van der Waals surface area (Å²) in [7, 11) is -2.51. The van der Waals surface area contributed by atoms with Crippen molar-refractivity contribution in [3.63, 3.8) is 0 Å². The van der Waals surface area contributed by atoms with Gasteiger partial charge in [-0.25, -0.2) is 18.4 Å². The van der Waals surface area contributed by atoms with Crippen LogP contribution in [-0.2, 0) is 19.6 Å². The molecule has 0 aliphatic heterocycles. The quantitative estimate of drug-likeness (QED) is 0.551. The summed E-state index contributed by atoms with van der Waals surface area (Å²) < 4.78 is 30.8. The third-order valence-electron chi connectivity index (χ3n) is 2.60. The van der Waals surface area contributed by atoms with Gasteiger partial charge in [-0.15, -0.1) is 0 Å². The highest BCUT2D eigenvalue weighted by Gasteiger charge is 2.26. The Labute approximate surface area is 129 Å². The minimum Gasteiger partial charge on any atom is -0.469 e. The molecule has 9 heteroatoms. The van der Waals surface area contributed by atoms with Crippen molar-refractivity contribution in [3.05, 3.63) is 17.7 Å². The topological polar surface area (TPSA) is 89.5 Å². The van der Waals surface area contributed by atoms with Crippen LogP contribution in [0.4, 0.5) is 0 Å². The van der Waals surface area contributed by atoms with Crippen molar-refractivity contribution in [2.45, 2.75) is 25.2 Å². The van der Waals surface area contributed by atoms with Gasteiger partial charge in [0.2, 0.25) is 15.3 Å². The fraction of sp³-hybridized carbons (Fsp3) is 0.583. The lowest BCUT2D eigenvalue weighted by Gasteiger charge is -2.23. The maximum atomic E-state index is 12.5. The van der Waals surface area contributed by atoms with Crippen molar-refractivity contribution >= 4 is 27.6 Å². The first-order chi connectivity index (χ1) is 9.77. The molecule has 0 radical (unpaired) electrons. The Kier molecular flexibility index (Phi) is 6.50. The fourth-order valence-electron chi connectivity index (χ4n) is 1.62. The molecule has 1 aromatic rings. The molecule has 1 aromatic heterocycles. The summed E-state index contributed by atoms with van der Waals surface area (Å²) in [5.74, 6) is -0.364. The summed E-state index contributed by atoms with van der Waals surface area (Å²) in [5, 5.41) is -0.0288. The van der Waals surface area contributed by atoms with Gasteiger partial charge in [-0.2, -0.15) is 4.31 Å². The molecule has 1 heterocycles. The number of hydrogen-bond acceptors (Lipinski definition) is 6. The maximum absolute atomic E-state index is 12.5. The van der Waals surface area contributed by atoms with Gasteiger partial charge in [-0.3, -0.25) is 4.79 Å². The van der Waals surface area contributed by atoms with Crippen molar-refractivity contribution in [2.75, 3.05) is 20.2 Å². The second kappa shape index (κ2) is 7.67. The Morgan fingerprint density at radius 2 is 1.95 bits per heavy atom. The number of aromatic nitrogens is 2. The van der Waals surface area contributed by atoms with Crippen LogP contribution < -0.4 is 0 Å². The molecule has 0 saturated heterocycles. The summed E-state index contributed by atoms with van der Waals surface area (Å²) in [4.78, 5) is 18.5. The van der Waals surface area contributed by atoms with Gasteiger partial charge in [0.1, 0.15) is 4.90 Å². The fourth-order valence-corrected chi connectivity index (χ4v) is 3.21. The molecule has 0 N–H and O–H groups in total. The number of halogens is 1. The number of carbonyl (C=O) groups is 1. The summed E-state index contributed by atoms with van der Waals surface area (Å²) >= 11 is 5.56. The predicted octanol–water partition coefficient (Wildman–Crippen LogP) is 1.34. The van der Waals surface area contributed by atoms with E-state index < -0.39 is 16.0 Å². The van der Waals surface area contributed by atoms with Crippen LogP contribution in [0.1, 0.15) is 20.3 Å². The molecule has 0 aromatic carbocycles. The van der Waals surface area contributed by atoms with E-state index in [2.05, 4.69) is 14.7 Å². The SMILES string of the molecule is COC(=O)CCN(CC(C)C)S(=O)(=O)c1cnc(Cl)nc1. The van der Waals surface area contributed by atoms with Gasteiger partial charge in [0.05, 0.1) is 25.9 Å². The minimum atomic E-state index is -3.77. The Morgan fingerprint density at radius 1 is 1.38 bits per heavy atom. The number of ether oxygens (including phenoxy) is 1. The molecule has 21 heavy (non-hydrogen) atoms. The van der Waals surface area contributed by atoms with Crippen LogP contribution in [0.25, 0.3) is 0 Å². The first kappa shape index (κ1) is 17.8. The smallest absolute Gasteiger partial charge is 0.306 e. The Hall–Kier alpha value is -1.25. The van der Waals surface area contributed by atoms with Gasteiger partial charge >= 0.3 is 5.97 Å². The van der Waals surface area contributed by atoms with Crippen LogP contribution in [0.2, 0.25) is 5.28 Å². The predicted molar refractivity (Wildman–Crippen MR) is 77.3 cm³/mol. The van der Waals surface area contributed by atoms with E-state index in [0.29, 0.717) is 0 Å². The van der Waals surface area contributed by atoms with E-state index in [1.807, 2.05) is 13.8 Å². The highest BCUT2D eigenvalue weighted by Crippen LogP contribution is 2.17. The molecular weight excluding hydrogens is 318 g/mol. The summed E-state index contributed by atoms with van der Waals surface area (Å²) in [5.41, 5.74) is 0. The molecule has 0 atom stereocenters. The third-order valence-corrected chi connectivity index (χ3v) is 4.61. The summed E-state index contributed by atoms with van der Waals surface area (Å²) in [6.07, 6.45) is 2.28. The monoisotopic (exact) mass is 335 g/mol. The molecule has 7 nitrogen and oxygen atoms in total. The molecule has 0 fully saturated rings. The number of hydrogen-bond donors (Lipinski definition) is 0. The molecule has 0 amide bonds. The van der Waals surface area contributed by atoms with Crippen LogP contribution >= 0.6 is 11.6 Å². The number of rotatable bonds is 7. The number of nitrogens with zero attached hydrogens (tertiary/aromatic N) is 3. The zero-order valence-electron chi connectivity index (χ0n) is 12.1. The zero-order valence-corrected chi connectivity index (χ0v) is 13.7. The lowest BCUT2D eigenvalue weighted by molar-refractivity contribution is -0.140. The normalized spacial score (nSPS) is 11.9. The van der Waals surface area contributed by atoms with Gasteiger partial charge in [0.15, 0.2) is 0 Å². The first-order valence-electron chi connectivity index (χ1n) is 6.32. The largest absolute Gasteiger partial charge is 0.469 e. The van der Waals surface area contributed by atoms with E-state index in [-0.39, 0.29) is 35.6 Å². The van der Waals surface area contributed by atoms with Crippen molar-refractivity contribution < 1.29 is 17.9 Å². The second-order valence-electron chi connectivity index (χ2n) is 4.77. The van der Waals surface area contributed by atoms with E-state index in [4.69, 9.17) is 11.6 Å². The average Bonchev–Trinajstić information content (AvgIpc) is 2.43. The molecule has 0 unspecified atom stereocenters. The van der Waals surface area contributed by atoms with Gasteiger partial charge in [-0.05, 0) is 17.5 Å². The zero-order chi connectivity index (χ0) is 16.0. The Morgan fingerprint density at radius 3 is 2.43 bits per heavy atom. The lowest BCUT2D eigenvalue weighted by atomic mass is 10.2. The van der Waals surface area contributed by atoms with E-state index in [9.17, 15) is 13.2 Å². The van der Waals surface area contributed by atoms with Crippen LogP contribution in [-0.4, -0.2) is 48.9 Å². The van der Waals surface area contributed by atoms with Gasteiger partial charge < -0.3 is 4.74 Å². The van der Waals surface area contributed by atoms with Crippen molar-refractivity contribution in [1.29, 1.82) is 0 Å². The van der Waals surface area contributed by atoms with Crippen LogP contribution in [0.15, 0.2) is 17.3 Å². The maximum Gasteiger partial charge on any atom is 0.306 e. The highest BCUT2D eigenvalue weighted by atomic mass is 35.5. The van der Waals surface area contributed by atoms with E-state index in [1.54, 1.807) is 0 Å². The van der Waals surface area contributed by atoms with Gasteiger partial charge in [-0.1, -0.05) is 13.8 Å². The van der Waals surface area contributed by atoms with Gasteiger partial charge in [0.25, 0.3) is 0 Å². The van der Waals surface area contributed by atoms with Crippen LogP contribution in [0, 0.1) is 5.92 Å². The summed E-state index contributed by atoms with van der Waals surface area (Å²) in [6, 6.07) is 0. The third kappa shape index (κ3) is 5.22. The van der Waals surface area contributed by atoms with Crippen molar-refractivity contribution in [1.82, 2.24) is 14.3 Å². The minimum absolute atomic E-state index is 0.0170. The van der Waals surface area contributed by atoms with Crippen LogP contribution in [0.3, 0.4) is 0 Å². The molecule has 118 valence electrons. The lowest BCUT2D eigenvalue weighted by Crippen LogP contribution is -2.36. The molecule has 0 aliphatic carbocycles. The Balaban J connectivity index is 2.99. The van der Waals surface area contributed by atoms with E-state index in [0.717, 1.165) is 12.4 Å².